The third kappa shape index (κ3) is 3.27. The minimum absolute atomic E-state index is 0.0526. The summed E-state index contributed by atoms with van der Waals surface area (Å²) >= 11 is 1.97. The van der Waals surface area contributed by atoms with Crippen LogP contribution in [0.4, 0.5) is 4.39 Å². The minimum Gasteiger partial charge on any atom is -0.507 e. The number of rotatable bonds is 3. The fourth-order valence-electron chi connectivity index (χ4n) is 1.84. The summed E-state index contributed by atoms with van der Waals surface area (Å²) in [5.74, 6) is -0.657. The summed E-state index contributed by atoms with van der Waals surface area (Å²) in [6, 6.07) is 10.5. The van der Waals surface area contributed by atoms with Crippen LogP contribution < -0.4 is 5.32 Å². The van der Waals surface area contributed by atoms with Gasteiger partial charge in [0.05, 0.1) is 9.61 Å². The average molecular weight is 385 g/mol. The van der Waals surface area contributed by atoms with Crippen molar-refractivity contribution in [1.82, 2.24) is 5.32 Å². The Kier molecular flexibility index (Phi) is 4.59. The minimum atomic E-state index is -0.454. The van der Waals surface area contributed by atoms with Crippen molar-refractivity contribution < 1.29 is 14.3 Å². The first kappa shape index (κ1) is 14.8. The summed E-state index contributed by atoms with van der Waals surface area (Å²) in [5.41, 5.74) is 0.765. The van der Waals surface area contributed by atoms with Gasteiger partial charge in [0.15, 0.2) is 0 Å². The molecule has 0 saturated carbocycles. The molecule has 0 aromatic heterocycles. The maximum absolute atomic E-state index is 13.6. The third-order valence-corrected chi connectivity index (χ3v) is 3.84. The van der Waals surface area contributed by atoms with Gasteiger partial charge in [0.2, 0.25) is 0 Å². The van der Waals surface area contributed by atoms with E-state index in [1.165, 1.54) is 12.1 Å². The van der Waals surface area contributed by atoms with E-state index in [1.807, 2.05) is 22.6 Å². The molecule has 0 aliphatic rings. The van der Waals surface area contributed by atoms with E-state index in [0.717, 1.165) is 0 Å². The van der Waals surface area contributed by atoms with E-state index in [2.05, 4.69) is 5.32 Å². The van der Waals surface area contributed by atoms with Crippen LogP contribution in [0.15, 0.2) is 42.5 Å². The molecule has 0 spiro atoms. The highest BCUT2D eigenvalue weighted by atomic mass is 127. The van der Waals surface area contributed by atoms with Crippen molar-refractivity contribution in [2.45, 2.75) is 13.0 Å². The lowest BCUT2D eigenvalue weighted by molar-refractivity contribution is 0.0939. The van der Waals surface area contributed by atoms with Gasteiger partial charge in [-0.05, 0) is 53.8 Å². The van der Waals surface area contributed by atoms with Crippen LogP contribution in [0.2, 0.25) is 0 Å². The predicted octanol–water partition coefficient (Wildman–Crippen LogP) is 3.63. The van der Waals surface area contributed by atoms with Crippen LogP contribution in [0, 0.1) is 9.39 Å². The molecule has 1 unspecified atom stereocenters. The first-order chi connectivity index (χ1) is 9.49. The largest absolute Gasteiger partial charge is 0.507 e. The summed E-state index contributed by atoms with van der Waals surface area (Å²) in [7, 11) is 0. The van der Waals surface area contributed by atoms with Crippen LogP contribution in [0.5, 0.6) is 5.75 Å². The van der Waals surface area contributed by atoms with Gasteiger partial charge in [-0.1, -0.05) is 18.2 Å². The highest BCUT2D eigenvalue weighted by Crippen LogP contribution is 2.21. The van der Waals surface area contributed by atoms with Crippen molar-refractivity contribution in [3.05, 3.63) is 63.0 Å². The molecule has 0 saturated heterocycles. The van der Waals surface area contributed by atoms with Crippen LogP contribution in [-0.2, 0) is 0 Å². The van der Waals surface area contributed by atoms with Gasteiger partial charge in [0, 0.05) is 11.1 Å². The molecule has 1 atom stereocenters. The van der Waals surface area contributed by atoms with Crippen molar-refractivity contribution in [2.75, 3.05) is 0 Å². The van der Waals surface area contributed by atoms with E-state index < -0.39 is 6.04 Å². The zero-order valence-electron chi connectivity index (χ0n) is 10.7. The molecular formula is C15H13FINO2. The quantitative estimate of drug-likeness (QED) is 0.793. The molecule has 3 nitrogen and oxygen atoms in total. The van der Waals surface area contributed by atoms with Crippen LogP contribution in [0.1, 0.15) is 28.9 Å². The molecule has 20 heavy (non-hydrogen) atoms. The van der Waals surface area contributed by atoms with E-state index in [4.69, 9.17) is 0 Å². The molecule has 2 aromatic carbocycles. The van der Waals surface area contributed by atoms with E-state index in [1.54, 1.807) is 37.3 Å². The average Bonchev–Trinajstić information content (AvgIpc) is 2.42. The van der Waals surface area contributed by atoms with Crippen molar-refractivity contribution in [3.8, 4) is 5.75 Å². The molecule has 0 bridgehead atoms. The van der Waals surface area contributed by atoms with Gasteiger partial charge >= 0.3 is 0 Å². The zero-order chi connectivity index (χ0) is 14.7. The Hall–Kier alpha value is -1.63. The molecule has 2 N–H and O–H groups in total. The van der Waals surface area contributed by atoms with Gasteiger partial charge in [-0.2, -0.15) is 0 Å². The Morgan fingerprint density at radius 1 is 1.30 bits per heavy atom. The lowest BCUT2D eigenvalue weighted by atomic mass is 10.1. The number of carbonyl (C=O) groups excluding carboxylic acids is 1. The standard InChI is InChI=1S/C15H13FINO2/c1-9(11-4-2-3-5-12(11)16)18-15(20)10-6-7-13(17)14(19)8-10/h2-9,19H,1H3,(H,18,20). The number of hydrogen-bond acceptors (Lipinski definition) is 2. The monoisotopic (exact) mass is 385 g/mol. The number of benzene rings is 2. The lowest BCUT2D eigenvalue weighted by Gasteiger charge is -2.15. The smallest absolute Gasteiger partial charge is 0.251 e. The predicted molar refractivity (Wildman–Crippen MR) is 83.1 cm³/mol. The van der Waals surface area contributed by atoms with Crippen LogP contribution >= 0.6 is 22.6 Å². The van der Waals surface area contributed by atoms with Crippen LogP contribution in [-0.4, -0.2) is 11.0 Å². The number of carbonyl (C=O) groups is 1. The Bertz CT molecular complexity index is 646. The second-order valence-electron chi connectivity index (χ2n) is 4.38. The second kappa shape index (κ2) is 6.21. The van der Waals surface area contributed by atoms with E-state index in [0.29, 0.717) is 14.7 Å². The van der Waals surface area contributed by atoms with Gasteiger partial charge < -0.3 is 10.4 Å². The SMILES string of the molecule is CC(NC(=O)c1ccc(I)c(O)c1)c1ccccc1F. The molecule has 0 aliphatic heterocycles. The number of aromatic hydroxyl groups is 1. The molecule has 5 heteroatoms. The number of amides is 1. The molecule has 0 radical (unpaired) electrons. The van der Waals surface area contributed by atoms with E-state index >= 15 is 0 Å². The van der Waals surface area contributed by atoms with Gasteiger partial charge in [0.1, 0.15) is 11.6 Å². The normalized spacial score (nSPS) is 11.9. The summed E-state index contributed by atoms with van der Waals surface area (Å²) in [6.45, 7) is 1.71. The van der Waals surface area contributed by atoms with Crippen molar-refractivity contribution in [1.29, 1.82) is 0 Å². The lowest BCUT2D eigenvalue weighted by Crippen LogP contribution is -2.27. The maximum Gasteiger partial charge on any atom is 0.251 e. The molecule has 104 valence electrons. The Balaban J connectivity index is 2.15. The van der Waals surface area contributed by atoms with Gasteiger partial charge in [-0.25, -0.2) is 4.39 Å². The van der Waals surface area contributed by atoms with Gasteiger partial charge in [-0.15, -0.1) is 0 Å². The van der Waals surface area contributed by atoms with Crippen LogP contribution in [0.3, 0.4) is 0 Å². The van der Waals surface area contributed by atoms with E-state index in [9.17, 15) is 14.3 Å². The summed E-state index contributed by atoms with van der Waals surface area (Å²) < 4.78 is 14.3. The number of hydrogen-bond donors (Lipinski definition) is 2. The number of nitrogens with one attached hydrogen (secondary N) is 1. The highest BCUT2D eigenvalue weighted by Gasteiger charge is 2.15. The van der Waals surface area contributed by atoms with E-state index in [-0.39, 0.29) is 17.5 Å². The zero-order valence-corrected chi connectivity index (χ0v) is 12.9. The Morgan fingerprint density at radius 3 is 2.65 bits per heavy atom. The first-order valence-corrected chi connectivity index (χ1v) is 7.10. The molecule has 1 amide bonds. The summed E-state index contributed by atoms with van der Waals surface area (Å²) in [5, 5.41) is 12.3. The second-order valence-corrected chi connectivity index (χ2v) is 5.55. The molecule has 0 aliphatic carbocycles. The van der Waals surface area contributed by atoms with Crippen molar-refractivity contribution in [3.63, 3.8) is 0 Å². The Labute approximate surface area is 130 Å². The van der Waals surface area contributed by atoms with Gasteiger partial charge in [0.25, 0.3) is 5.91 Å². The molecule has 0 fully saturated rings. The molecule has 2 rings (SSSR count). The molecular weight excluding hydrogens is 372 g/mol. The van der Waals surface area contributed by atoms with Crippen molar-refractivity contribution >= 4 is 28.5 Å². The first-order valence-electron chi connectivity index (χ1n) is 6.03. The number of halogens is 2. The Morgan fingerprint density at radius 2 is 2.00 bits per heavy atom. The number of phenols is 1. The summed E-state index contributed by atoms with van der Waals surface area (Å²) in [4.78, 5) is 12.1. The van der Waals surface area contributed by atoms with Crippen LogP contribution in [0.25, 0.3) is 0 Å². The topological polar surface area (TPSA) is 49.3 Å². The number of phenolic OH excluding ortho intramolecular Hbond substituents is 1. The fraction of sp³-hybridized carbons (Fsp3) is 0.133. The molecule has 0 heterocycles. The molecule has 2 aromatic rings. The summed E-state index contributed by atoms with van der Waals surface area (Å²) in [6.07, 6.45) is 0. The van der Waals surface area contributed by atoms with Gasteiger partial charge in [-0.3, -0.25) is 4.79 Å². The van der Waals surface area contributed by atoms with Crippen molar-refractivity contribution in [2.24, 2.45) is 0 Å². The highest BCUT2D eigenvalue weighted by molar-refractivity contribution is 14.1. The third-order valence-electron chi connectivity index (χ3n) is 2.93. The maximum atomic E-state index is 13.6. The fourth-order valence-corrected chi connectivity index (χ4v) is 2.17.